The molecule has 0 amide bonds. The van der Waals surface area contributed by atoms with Gasteiger partial charge in [-0.05, 0) is 28.5 Å². The molecule has 0 aliphatic rings. The quantitative estimate of drug-likeness (QED) is 0.486. The molecule has 0 aliphatic heterocycles. The fourth-order valence-corrected chi connectivity index (χ4v) is 1.68. The number of hydrogen-bond acceptors (Lipinski definition) is 3. The van der Waals surface area contributed by atoms with E-state index in [0.717, 1.165) is 0 Å². The van der Waals surface area contributed by atoms with Crippen molar-refractivity contribution in [2.75, 3.05) is 0 Å². The standard InChI is InChI=1S/C8H7BrF2N2O2/c1-4-5(3-9)2-6(7(10)11)12-8(4)13(14)15/h2,7H,3H2,1H3. The van der Waals surface area contributed by atoms with Crippen LogP contribution in [0.3, 0.4) is 0 Å². The fraction of sp³-hybridized carbons (Fsp3) is 0.375. The lowest BCUT2D eigenvalue weighted by Gasteiger charge is -2.04. The lowest BCUT2D eigenvalue weighted by atomic mass is 10.1. The highest BCUT2D eigenvalue weighted by molar-refractivity contribution is 9.08. The van der Waals surface area contributed by atoms with E-state index in [1.54, 1.807) is 0 Å². The number of hydrogen-bond donors (Lipinski definition) is 0. The first-order chi connectivity index (χ1) is 6.97. The predicted octanol–water partition coefficient (Wildman–Crippen LogP) is 3.13. The van der Waals surface area contributed by atoms with Crippen molar-refractivity contribution in [3.8, 4) is 0 Å². The van der Waals surface area contributed by atoms with Crippen LogP contribution in [-0.4, -0.2) is 9.91 Å². The van der Waals surface area contributed by atoms with Crippen LogP contribution in [0.15, 0.2) is 6.07 Å². The van der Waals surface area contributed by atoms with E-state index in [9.17, 15) is 18.9 Å². The van der Waals surface area contributed by atoms with Crippen LogP contribution in [0.1, 0.15) is 23.2 Å². The van der Waals surface area contributed by atoms with E-state index in [0.29, 0.717) is 11.1 Å². The summed E-state index contributed by atoms with van der Waals surface area (Å²) in [6, 6.07) is 1.17. The number of nitrogens with zero attached hydrogens (tertiary/aromatic N) is 2. The molecule has 82 valence electrons. The van der Waals surface area contributed by atoms with Gasteiger partial charge in [-0.1, -0.05) is 15.9 Å². The Labute approximate surface area is 92.6 Å². The van der Waals surface area contributed by atoms with Crippen LogP contribution < -0.4 is 0 Å². The van der Waals surface area contributed by atoms with Gasteiger partial charge in [-0.3, -0.25) is 0 Å². The summed E-state index contributed by atoms with van der Waals surface area (Å²) in [5.41, 5.74) is 0.190. The molecule has 0 atom stereocenters. The molecule has 1 rings (SSSR count). The first kappa shape index (κ1) is 12.0. The molecule has 0 aromatic carbocycles. The molecule has 0 fully saturated rings. The number of pyridine rings is 1. The van der Waals surface area contributed by atoms with Gasteiger partial charge in [-0.25, -0.2) is 8.78 Å². The molecule has 0 unspecified atom stereocenters. The van der Waals surface area contributed by atoms with Crippen molar-refractivity contribution < 1.29 is 13.7 Å². The number of aromatic nitrogens is 1. The number of alkyl halides is 3. The van der Waals surface area contributed by atoms with Gasteiger partial charge in [0.2, 0.25) is 5.69 Å². The topological polar surface area (TPSA) is 56.0 Å². The van der Waals surface area contributed by atoms with E-state index in [2.05, 4.69) is 20.9 Å². The second kappa shape index (κ2) is 4.61. The van der Waals surface area contributed by atoms with Crippen molar-refractivity contribution in [2.45, 2.75) is 18.7 Å². The van der Waals surface area contributed by atoms with Gasteiger partial charge in [0.1, 0.15) is 0 Å². The normalized spacial score (nSPS) is 10.7. The highest BCUT2D eigenvalue weighted by Crippen LogP contribution is 2.26. The smallest absolute Gasteiger partial charge is 0.358 e. The molecule has 0 bridgehead atoms. The van der Waals surface area contributed by atoms with Gasteiger partial charge in [0.05, 0.1) is 5.56 Å². The number of nitro groups is 1. The summed E-state index contributed by atoms with van der Waals surface area (Å²) in [4.78, 5) is 13.1. The Morgan fingerprint density at radius 2 is 2.27 bits per heavy atom. The van der Waals surface area contributed by atoms with Gasteiger partial charge in [0.15, 0.2) is 0 Å². The second-order valence-electron chi connectivity index (χ2n) is 2.85. The van der Waals surface area contributed by atoms with Crippen molar-refractivity contribution in [3.63, 3.8) is 0 Å². The first-order valence-electron chi connectivity index (χ1n) is 3.96. The van der Waals surface area contributed by atoms with E-state index in [1.807, 2.05) is 0 Å². The largest absolute Gasteiger partial charge is 0.367 e. The van der Waals surface area contributed by atoms with Crippen LogP contribution in [0.2, 0.25) is 0 Å². The Hall–Kier alpha value is -1.11. The second-order valence-corrected chi connectivity index (χ2v) is 3.41. The third-order valence-electron chi connectivity index (χ3n) is 1.91. The fourth-order valence-electron chi connectivity index (χ4n) is 1.10. The third-order valence-corrected chi connectivity index (χ3v) is 2.52. The Morgan fingerprint density at radius 1 is 1.67 bits per heavy atom. The van der Waals surface area contributed by atoms with E-state index in [1.165, 1.54) is 13.0 Å². The van der Waals surface area contributed by atoms with E-state index >= 15 is 0 Å². The minimum atomic E-state index is -2.80. The van der Waals surface area contributed by atoms with Gasteiger partial charge in [-0.15, -0.1) is 0 Å². The van der Waals surface area contributed by atoms with Crippen molar-refractivity contribution in [1.29, 1.82) is 0 Å². The monoisotopic (exact) mass is 280 g/mol. The summed E-state index contributed by atoms with van der Waals surface area (Å²) in [5, 5.41) is 10.8. The molecule has 0 N–H and O–H groups in total. The molecule has 7 heteroatoms. The maximum atomic E-state index is 12.4. The van der Waals surface area contributed by atoms with Gasteiger partial charge in [0, 0.05) is 5.33 Å². The molecule has 15 heavy (non-hydrogen) atoms. The molecule has 0 saturated heterocycles. The van der Waals surface area contributed by atoms with Crippen molar-refractivity contribution >= 4 is 21.7 Å². The summed E-state index contributed by atoms with van der Waals surface area (Å²) >= 11 is 3.08. The molecule has 1 aromatic rings. The summed E-state index contributed by atoms with van der Waals surface area (Å²) in [6.45, 7) is 1.48. The number of halogens is 3. The minimum Gasteiger partial charge on any atom is -0.358 e. The molecule has 0 spiro atoms. The average Bonchev–Trinajstić information content (AvgIpc) is 2.17. The summed E-state index contributed by atoms with van der Waals surface area (Å²) in [6.07, 6.45) is -2.80. The highest BCUT2D eigenvalue weighted by atomic mass is 79.9. The van der Waals surface area contributed by atoms with E-state index < -0.39 is 22.9 Å². The first-order valence-corrected chi connectivity index (χ1v) is 5.08. The SMILES string of the molecule is Cc1c(CBr)cc(C(F)F)nc1[N+](=O)[O-]. The molecule has 4 nitrogen and oxygen atoms in total. The summed E-state index contributed by atoms with van der Waals surface area (Å²) in [5.74, 6) is -0.512. The van der Waals surface area contributed by atoms with Crippen molar-refractivity contribution in [3.05, 3.63) is 33.0 Å². The maximum absolute atomic E-state index is 12.4. The molecule has 0 radical (unpaired) electrons. The van der Waals surface area contributed by atoms with Crippen LogP contribution in [0.4, 0.5) is 14.6 Å². The van der Waals surface area contributed by atoms with Crippen molar-refractivity contribution in [2.24, 2.45) is 0 Å². The zero-order valence-corrected chi connectivity index (χ0v) is 9.29. The molecule has 0 saturated carbocycles. The Balaban J connectivity index is 3.38. The third kappa shape index (κ3) is 2.47. The maximum Gasteiger partial charge on any atom is 0.367 e. The van der Waals surface area contributed by atoms with Crippen LogP contribution in [0, 0.1) is 17.0 Å². The Bertz CT molecular complexity index is 398. The molecule has 1 aromatic heterocycles. The van der Waals surface area contributed by atoms with Gasteiger partial charge in [-0.2, -0.15) is 0 Å². The molecule has 0 aliphatic carbocycles. The minimum absolute atomic E-state index is 0.280. The lowest BCUT2D eigenvalue weighted by Crippen LogP contribution is -2.02. The Morgan fingerprint density at radius 3 is 2.67 bits per heavy atom. The molecule has 1 heterocycles. The van der Waals surface area contributed by atoms with Crippen LogP contribution in [0.5, 0.6) is 0 Å². The van der Waals surface area contributed by atoms with E-state index in [-0.39, 0.29) is 5.33 Å². The molecular formula is C8H7BrF2N2O2. The zero-order valence-electron chi connectivity index (χ0n) is 7.71. The van der Waals surface area contributed by atoms with Gasteiger partial charge >= 0.3 is 12.2 Å². The predicted molar refractivity (Wildman–Crippen MR) is 53.2 cm³/mol. The van der Waals surface area contributed by atoms with Crippen molar-refractivity contribution in [1.82, 2.24) is 4.98 Å². The van der Waals surface area contributed by atoms with Crippen LogP contribution >= 0.6 is 15.9 Å². The molecular weight excluding hydrogens is 274 g/mol. The van der Waals surface area contributed by atoms with Crippen LogP contribution in [-0.2, 0) is 5.33 Å². The van der Waals surface area contributed by atoms with Gasteiger partial charge in [0.25, 0.3) is 0 Å². The highest BCUT2D eigenvalue weighted by Gasteiger charge is 2.23. The average molecular weight is 281 g/mol. The van der Waals surface area contributed by atoms with Gasteiger partial charge < -0.3 is 10.1 Å². The number of rotatable bonds is 3. The van der Waals surface area contributed by atoms with E-state index in [4.69, 9.17) is 0 Å². The Kier molecular flexibility index (Phi) is 3.67. The van der Waals surface area contributed by atoms with Crippen LogP contribution in [0.25, 0.3) is 0 Å². The lowest BCUT2D eigenvalue weighted by molar-refractivity contribution is -0.390. The zero-order chi connectivity index (χ0) is 11.6. The summed E-state index contributed by atoms with van der Waals surface area (Å²) in [7, 11) is 0. The summed E-state index contributed by atoms with van der Waals surface area (Å²) < 4.78 is 24.7.